The van der Waals surface area contributed by atoms with Crippen LogP contribution in [0.1, 0.15) is 33.8 Å². The molecule has 20 heavy (non-hydrogen) atoms. The topological polar surface area (TPSA) is 33.2 Å². The Morgan fingerprint density at radius 3 is 2.90 bits per heavy atom. The van der Waals surface area contributed by atoms with Crippen molar-refractivity contribution in [3.8, 4) is 0 Å². The molecule has 0 saturated heterocycles. The summed E-state index contributed by atoms with van der Waals surface area (Å²) in [5.41, 5.74) is 1.54. The van der Waals surface area contributed by atoms with Gasteiger partial charge < -0.3 is 4.90 Å². The molecule has 2 aromatic rings. The van der Waals surface area contributed by atoms with Crippen LogP contribution in [-0.2, 0) is 13.0 Å². The van der Waals surface area contributed by atoms with Crippen molar-refractivity contribution in [3.05, 3.63) is 46.2 Å². The van der Waals surface area contributed by atoms with E-state index in [1.165, 1.54) is 17.4 Å². The van der Waals surface area contributed by atoms with E-state index >= 15 is 0 Å². The van der Waals surface area contributed by atoms with Crippen molar-refractivity contribution in [2.45, 2.75) is 25.8 Å². The highest BCUT2D eigenvalue weighted by Crippen LogP contribution is 2.31. The number of hydrogen-bond donors (Lipinski definition) is 0. The summed E-state index contributed by atoms with van der Waals surface area (Å²) < 4.78 is 13.7. The number of benzene rings is 1. The van der Waals surface area contributed by atoms with E-state index in [1.54, 1.807) is 12.1 Å². The summed E-state index contributed by atoms with van der Waals surface area (Å²) in [6.45, 7) is 0.452. The first-order valence-electron chi connectivity index (χ1n) is 6.62. The number of nitrogens with zero attached hydrogens (tertiary/aromatic N) is 2. The maximum Gasteiger partial charge on any atom is 0.186 e. The predicted molar refractivity (Wildman–Crippen MR) is 77.9 cm³/mol. The van der Waals surface area contributed by atoms with Gasteiger partial charge >= 0.3 is 0 Å². The normalized spacial score (nSPS) is 14.2. The second kappa shape index (κ2) is 5.32. The van der Waals surface area contributed by atoms with Crippen LogP contribution in [0.2, 0.25) is 0 Å². The zero-order valence-electron chi connectivity index (χ0n) is 11.2. The number of thiazole rings is 1. The summed E-state index contributed by atoms with van der Waals surface area (Å²) in [5.74, 6) is -0.0222. The molecule has 0 atom stereocenters. The van der Waals surface area contributed by atoms with E-state index in [4.69, 9.17) is 0 Å². The number of hydrogen-bond acceptors (Lipinski definition) is 4. The van der Waals surface area contributed by atoms with E-state index in [0.717, 1.165) is 28.5 Å². The Morgan fingerprint density at radius 2 is 2.15 bits per heavy atom. The number of halogens is 1. The molecule has 1 aromatic heterocycles. The van der Waals surface area contributed by atoms with Crippen LogP contribution in [0.5, 0.6) is 0 Å². The molecule has 0 saturated carbocycles. The zero-order valence-corrected chi connectivity index (χ0v) is 12.0. The number of carbonyl (C=O) groups is 1. The average molecular weight is 290 g/mol. The van der Waals surface area contributed by atoms with Crippen LogP contribution in [0.3, 0.4) is 0 Å². The fourth-order valence-corrected chi connectivity index (χ4v) is 3.41. The third-order valence-electron chi connectivity index (χ3n) is 3.45. The van der Waals surface area contributed by atoms with Gasteiger partial charge in [-0.2, -0.15) is 0 Å². The van der Waals surface area contributed by atoms with Crippen LogP contribution in [0.25, 0.3) is 0 Å². The van der Waals surface area contributed by atoms with E-state index in [9.17, 15) is 9.18 Å². The molecule has 5 heteroatoms. The standard InChI is InChI=1S/C15H15FN2OS/c1-18(9-10-5-2-3-6-11(10)16)15-17-12-7-4-8-13(19)14(12)20-15/h2-3,5-6H,4,7-9H2,1H3. The number of aromatic nitrogens is 1. The highest BCUT2D eigenvalue weighted by Gasteiger charge is 2.23. The van der Waals surface area contributed by atoms with Gasteiger partial charge in [0.2, 0.25) is 0 Å². The molecule has 3 rings (SSSR count). The molecule has 1 aliphatic rings. The fraction of sp³-hybridized carbons (Fsp3) is 0.333. The maximum absolute atomic E-state index is 13.7. The van der Waals surface area contributed by atoms with Crippen LogP contribution >= 0.6 is 11.3 Å². The monoisotopic (exact) mass is 290 g/mol. The molecular weight excluding hydrogens is 275 g/mol. The molecule has 1 aromatic carbocycles. The largest absolute Gasteiger partial charge is 0.347 e. The minimum absolute atomic E-state index is 0.189. The molecular formula is C15H15FN2OS. The van der Waals surface area contributed by atoms with E-state index in [1.807, 2.05) is 18.0 Å². The van der Waals surface area contributed by atoms with Gasteiger partial charge in [-0.05, 0) is 18.9 Å². The molecule has 1 aliphatic carbocycles. The Bertz CT molecular complexity index is 653. The van der Waals surface area contributed by atoms with Crippen LogP contribution in [0, 0.1) is 5.82 Å². The number of rotatable bonds is 3. The molecule has 0 fully saturated rings. The van der Waals surface area contributed by atoms with Gasteiger partial charge in [-0.25, -0.2) is 9.37 Å². The minimum Gasteiger partial charge on any atom is -0.347 e. The molecule has 0 N–H and O–H groups in total. The maximum atomic E-state index is 13.7. The summed E-state index contributed by atoms with van der Waals surface area (Å²) in [7, 11) is 1.88. The van der Waals surface area contributed by atoms with Gasteiger partial charge in [0, 0.05) is 25.6 Å². The lowest BCUT2D eigenvalue weighted by Gasteiger charge is -2.16. The lowest BCUT2D eigenvalue weighted by Crippen LogP contribution is -2.17. The number of ketones is 1. The lowest BCUT2D eigenvalue weighted by atomic mass is 10.0. The molecule has 1 heterocycles. The van der Waals surface area contributed by atoms with E-state index in [-0.39, 0.29) is 11.6 Å². The first-order chi connectivity index (χ1) is 9.65. The molecule has 0 radical (unpaired) electrons. The number of carbonyl (C=O) groups excluding carboxylic acids is 1. The van der Waals surface area contributed by atoms with E-state index < -0.39 is 0 Å². The van der Waals surface area contributed by atoms with Gasteiger partial charge in [0.05, 0.1) is 10.6 Å². The zero-order chi connectivity index (χ0) is 14.1. The lowest BCUT2D eigenvalue weighted by molar-refractivity contribution is 0.0976. The molecule has 3 nitrogen and oxygen atoms in total. The molecule has 104 valence electrons. The van der Waals surface area contributed by atoms with Gasteiger partial charge in [0.25, 0.3) is 0 Å². The van der Waals surface area contributed by atoms with Crippen LogP contribution in [-0.4, -0.2) is 17.8 Å². The molecule has 0 spiro atoms. The summed E-state index contributed by atoms with van der Waals surface area (Å²) in [5, 5.41) is 0.786. The quantitative estimate of drug-likeness (QED) is 0.868. The van der Waals surface area contributed by atoms with Crippen molar-refractivity contribution >= 4 is 22.3 Å². The van der Waals surface area contributed by atoms with Gasteiger partial charge in [0.1, 0.15) is 5.82 Å². The van der Waals surface area contributed by atoms with Crippen molar-refractivity contribution in [2.75, 3.05) is 11.9 Å². The molecule has 0 bridgehead atoms. The number of aryl methyl sites for hydroxylation is 1. The van der Waals surface area contributed by atoms with Crippen LogP contribution < -0.4 is 4.90 Å². The molecule has 0 unspecified atom stereocenters. The van der Waals surface area contributed by atoms with Crippen molar-refractivity contribution < 1.29 is 9.18 Å². The Labute approximate surface area is 121 Å². The smallest absolute Gasteiger partial charge is 0.186 e. The predicted octanol–water partition coefficient (Wildman–Crippen LogP) is 3.44. The highest BCUT2D eigenvalue weighted by atomic mass is 32.1. The second-order valence-electron chi connectivity index (χ2n) is 5.00. The first-order valence-corrected chi connectivity index (χ1v) is 7.44. The fourth-order valence-electron chi connectivity index (χ4n) is 2.37. The average Bonchev–Trinajstić information content (AvgIpc) is 2.87. The second-order valence-corrected chi connectivity index (χ2v) is 5.97. The Balaban J connectivity index is 1.83. The Morgan fingerprint density at radius 1 is 1.35 bits per heavy atom. The van der Waals surface area contributed by atoms with Crippen molar-refractivity contribution in [2.24, 2.45) is 0 Å². The summed E-state index contributed by atoms with van der Waals surface area (Å²) in [6, 6.07) is 6.73. The van der Waals surface area contributed by atoms with Gasteiger partial charge in [0.15, 0.2) is 10.9 Å². The van der Waals surface area contributed by atoms with Gasteiger partial charge in [-0.1, -0.05) is 29.5 Å². The third-order valence-corrected chi connectivity index (χ3v) is 4.70. The number of fused-ring (bicyclic) bond motifs is 1. The van der Waals surface area contributed by atoms with E-state index in [2.05, 4.69) is 4.98 Å². The van der Waals surface area contributed by atoms with Crippen LogP contribution in [0.4, 0.5) is 9.52 Å². The minimum atomic E-state index is -0.211. The van der Waals surface area contributed by atoms with Gasteiger partial charge in [-0.15, -0.1) is 0 Å². The van der Waals surface area contributed by atoms with E-state index in [0.29, 0.717) is 18.5 Å². The summed E-state index contributed by atoms with van der Waals surface area (Å²) in [4.78, 5) is 19.0. The highest BCUT2D eigenvalue weighted by molar-refractivity contribution is 7.17. The first kappa shape index (κ1) is 13.2. The van der Waals surface area contributed by atoms with Crippen molar-refractivity contribution in [1.82, 2.24) is 4.98 Å². The molecule has 0 aliphatic heterocycles. The summed E-state index contributed by atoms with van der Waals surface area (Å²) >= 11 is 1.42. The number of Topliss-reactive ketones (excluding diaryl/α,β-unsaturated/α-hetero) is 1. The SMILES string of the molecule is CN(Cc1ccccc1F)c1nc2c(s1)C(=O)CCC2. The Hall–Kier alpha value is -1.75. The van der Waals surface area contributed by atoms with Gasteiger partial charge in [-0.3, -0.25) is 4.79 Å². The van der Waals surface area contributed by atoms with Crippen molar-refractivity contribution in [1.29, 1.82) is 0 Å². The number of anilines is 1. The molecule has 0 amide bonds. The van der Waals surface area contributed by atoms with Crippen LogP contribution in [0.15, 0.2) is 24.3 Å². The Kier molecular flexibility index (Phi) is 3.53. The van der Waals surface area contributed by atoms with Crippen molar-refractivity contribution in [3.63, 3.8) is 0 Å². The third kappa shape index (κ3) is 2.45. The summed E-state index contributed by atoms with van der Waals surface area (Å²) in [6.07, 6.45) is 2.36.